The third-order valence-corrected chi connectivity index (χ3v) is 1.17. The first-order valence-corrected chi connectivity index (χ1v) is 2.43. The lowest BCUT2D eigenvalue weighted by molar-refractivity contribution is 1.08. The van der Waals surface area contributed by atoms with Crippen LogP contribution in [0.3, 0.4) is 0 Å². The molecule has 0 fully saturated rings. The van der Waals surface area contributed by atoms with Crippen molar-refractivity contribution in [3.63, 3.8) is 0 Å². The first-order chi connectivity index (χ1) is 3.97. The van der Waals surface area contributed by atoms with E-state index < -0.39 is 0 Å². The van der Waals surface area contributed by atoms with Gasteiger partial charge in [0.25, 0.3) is 0 Å². The van der Waals surface area contributed by atoms with E-state index in [-0.39, 0.29) is 0 Å². The third-order valence-electron chi connectivity index (χ3n) is 1.17. The molecule has 1 N–H and O–H groups in total. The average Bonchev–Trinajstić information content (AvgIpc) is 2.15. The molecule has 0 saturated carbocycles. The van der Waals surface area contributed by atoms with Gasteiger partial charge in [-0.1, -0.05) is 0 Å². The van der Waals surface area contributed by atoms with Gasteiger partial charge in [-0.05, 0) is 6.08 Å². The van der Waals surface area contributed by atoms with Crippen molar-refractivity contribution in [2.75, 3.05) is 0 Å². The van der Waals surface area contributed by atoms with E-state index in [0.717, 1.165) is 11.3 Å². The summed E-state index contributed by atoms with van der Waals surface area (Å²) < 4.78 is 0. The zero-order valence-electron chi connectivity index (χ0n) is 4.18. The predicted molar refractivity (Wildman–Crippen MR) is 31.0 cm³/mol. The minimum atomic E-state index is 1.06. The van der Waals surface area contributed by atoms with Crippen molar-refractivity contribution in [2.45, 2.75) is 0 Å². The van der Waals surface area contributed by atoms with Gasteiger partial charge in [0.1, 0.15) is 0 Å². The van der Waals surface area contributed by atoms with Crippen molar-refractivity contribution in [1.82, 2.24) is 10.2 Å². The van der Waals surface area contributed by atoms with E-state index >= 15 is 0 Å². The Morgan fingerprint density at radius 2 is 2.50 bits per heavy atom. The molecule has 1 aromatic heterocycles. The van der Waals surface area contributed by atoms with Gasteiger partial charge >= 0.3 is 0 Å². The Bertz CT molecular complexity index is 241. The number of rotatable bonds is 0. The number of nitrogens with one attached hydrogen (secondary N) is 1. The summed E-state index contributed by atoms with van der Waals surface area (Å²) >= 11 is 0. The Morgan fingerprint density at radius 1 is 1.50 bits per heavy atom. The van der Waals surface area contributed by atoms with Gasteiger partial charge in [-0.3, -0.25) is 5.10 Å². The molecule has 0 radical (unpaired) electrons. The van der Waals surface area contributed by atoms with E-state index in [2.05, 4.69) is 15.9 Å². The molecule has 1 aliphatic carbocycles. The van der Waals surface area contributed by atoms with Crippen molar-refractivity contribution in [3.8, 4) is 0 Å². The molecule has 0 spiro atoms. The number of nitrogens with zero attached hydrogens (tertiary/aromatic N) is 1. The van der Waals surface area contributed by atoms with Gasteiger partial charge in [0, 0.05) is 11.6 Å². The molecule has 0 unspecified atom stereocenters. The molecular weight excluding hydrogens is 100 g/mol. The SMILES string of the molecule is C1=Cc2cn[nH]c2C=1. The summed E-state index contributed by atoms with van der Waals surface area (Å²) in [6, 6.07) is 0. The fraction of sp³-hybridized carbons (Fsp3) is 0. The lowest BCUT2D eigenvalue weighted by Gasteiger charge is -1.75. The van der Waals surface area contributed by atoms with E-state index in [9.17, 15) is 0 Å². The van der Waals surface area contributed by atoms with E-state index in [4.69, 9.17) is 0 Å². The van der Waals surface area contributed by atoms with E-state index in [1.807, 2.05) is 12.2 Å². The van der Waals surface area contributed by atoms with Crippen LogP contribution in [0.4, 0.5) is 0 Å². The van der Waals surface area contributed by atoms with Crippen LogP contribution < -0.4 is 0 Å². The number of hydrogen-bond donors (Lipinski definition) is 1. The Balaban J connectivity index is 2.78. The topological polar surface area (TPSA) is 28.7 Å². The normalized spacial score (nSPS) is 12.5. The van der Waals surface area contributed by atoms with Crippen molar-refractivity contribution < 1.29 is 0 Å². The number of aromatic nitrogens is 2. The van der Waals surface area contributed by atoms with Crippen LogP contribution in [0, 0.1) is 0 Å². The number of fused-ring (bicyclic) bond motifs is 1. The summed E-state index contributed by atoms with van der Waals surface area (Å²) in [5.74, 6) is 0. The van der Waals surface area contributed by atoms with Crippen molar-refractivity contribution >= 4 is 12.2 Å². The highest BCUT2D eigenvalue weighted by molar-refractivity contribution is 5.69. The Morgan fingerprint density at radius 3 is 3.38 bits per heavy atom. The summed E-state index contributed by atoms with van der Waals surface area (Å²) in [6.07, 6.45) is 5.56. The second-order valence-corrected chi connectivity index (χ2v) is 1.69. The fourth-order valence-corrected chi connectivity index (χ4v) is 0.751. The minimum absolute atomic E-state index is 1.06. The quantitative estimate of drug-likeness (QED) is 0.497. The van der Waals surface area contributed by atoms with Gasteiger partial charge in [-0.15, -0.1) is 5.73 Å². The molecule has 0 atom stereocenters. The van der Waals surface area contributed by atoms with Crippen LogP contribution >= 0.6 is 0 Å². The van der Waals surface area contributed by atoms with Gasteiger partial charge in [0.15, 0.2) is 0 Å². The summed E-state index contributed by atoms with van der Waals surface area (Å²) in [5.41, 5.74) is 5.14. The molecular formula is C6H4N2. The van der Waals surface area contributed by atoms with E-state index in [1.165, 1.54) is 0 Å². The zero-order valence-corrected chi connectivity index (χ0v) is 4.18. The van der Waals surface area contributed by atoms with E-state index in [0.29, 0.717) is 0 Å². The molecule has 2 heteroatoms. The standard InChI is InChI=1S/C6H4N2/c1-2-5-4-7-8-6(5)3-1/h2-4H,(H,7,8). The molecule has 2 rings (SSSR count). The highest BCUT2D eigenvalue weighted by Crippen LogP contribution is 2.12. The van der Waals surface area contributed by atoms with Crippen LogP contribution in [0.15, 0.2) is 11.9 Å². The van der Waals surface area contributed by atoms with Crippen LogP contribution in [0.1, 0.15) is 11.3 Å². The first-order valence-electron chi connectivity index (χ1n) is 2.43. The van der Waals surface area contributed by atoms with Gasteiger partial charge in [0.05, 0.1) is 11.9 Å². The minimum Gasteiger partial charge on any atom is -0.277 e. The van der Waals surface area contributed by atoms with E-state index in [1.54, 1.807) is 6.20 Å². The van der Waals surface area contributed by atoms with Crippen LogP contribution in [0.25, 0.3) is 12.2 Å². The lowest BCUT2D eigenvalue weighted by atomic mass is 10.3. The summed E-state index contributed by atoms with van der Waals surface area (Å²) in [7, 11) is 0. The van der Waals surface area contributed by atoms with Crippen molar-refractivity contribution in [3.05, 3.63) is 23.2 Å². The van der Waals surface area contributed by atoms with Crippen LogP contribution in [-0.2, 0) is 0 Å². The van der Waals surface area contributed by atoms with Crippen LogP contribution in [0.5, 0.6) is 0 Å². The first kappa shape index (κ1) is 3.70. The fourth-order valence-electron chi connectivity index (χ4n) is 0.751. The van der Waals surface area contributed by atoms with Crippen molar-refractivity contribution in [1.29, 1.82) is 0 Å². The summed E-state index contributed by atoms with van der Waals surface area (Å²) in [6.45, 7) is 0. The molecule has 1 aliphatic rings. The zero-order chi connectivity index (χ0) is 5.40. The smallest absolute Gasteiger partial charge is 0.0733 e. The maximum Gasteiger partial charge on any atom is 0.0733 e. The molecule has 8 heavy (non-hydrogen) atoms. The number of aromatic amines is 1. The molecule has 0 amide bonds. The Labute approximate surface area is 46.5 Å². The largest absolute Gasteiger partial charge is 0.277 e. The van der Waals surface area contributed by atoms with Gasteiger partial charge in [-0.25, -0.2) is 0 Å². The molecule has 0 saturated heterocycles. The predicted octanol–water partition coefficient (Wildman–Crippen LogP) is 1.05. The monoisotopic (exact) mass is 104 g/mol. The second-order valence-electron chi connectivity index (χ2n) is 1.69. The molecule has 2 nitrogen and oxygen atoms in total. The number of hydrogen-bond acceptors (Lipinski definition) is 1. The maximum atomic E-state index is 3.82. The Kier molecular flexibility index (Phi) is 0.515. The van der Waals surface area contributed by atoms with Gasteiger partial charge in [0.2, 0.25) is 0 Å². The molecule has 0 bridgehead atoms. The molecule has 1 aromatic rings. The Hall–Kier alpha value is -1.27. The van der Waals surface area contributed by atoms with Crippen molar-refractivity contribution in [2.24, 2.45) is 0 Å². The molecule has 0 aromatic carbocycles. The summed E-state index contributed by atoms with van der Waals surface area (Å²) in [5, 5.41) is 6.63. The lowest BCUT2D eigenvalue weighted by Crippen LogP contribution is -1.68. The summed E-state index contributed by atoms with van der Waals surface area (Å²) in [4.78, 5) is 0. The third kappa shape index (κ3) is 0.303. The second kappa shape index (κ2) is 1.11. The maximum absolute atomic E-state index is 3.82. The highest BCUT2D eigenvalue weighted by Gasteiger charge is 1.99. The molecule has 38 valence electrons. The molecule has 1 heterocycles. The number of H-pyrrole nitrogens is 1. The average molecular weight is 104 g/mol. The van der Waals surface area contributed by atoms with Gasteiger partial charge in [-0.2, -0.15) is 5.10 Å². The van der Waals surface area contributed by atoms with Gasteiger partial charge < -0.3 is 0 Å². The van der Waals surface area contributed by atoms with Crippen LogP contribution in [-0.4, -0.2) is 10.2 Å². The molecule has 0 aliphatic heterocycles. The van der Waals surface area contributed by atoms with Crippen LogP contribution in [0.2, 0.25) is 0 Å². The highest BCUT2D eigenvalue weighted by atomic mass is 15.1.